The number of hydrogen-bond donors (Lipinski definition) is 1. The monoisotopic (exact) mass is 315 g/mol. The highest BCUT2D eigenvalue weighted by atomic mass is 32.2. The van der Waals surface area contributed by atoms with Crippen molar-refractivity contribution in [3.63, 3.8) is 0 Å². The van der Waals surface area contributed by atoms with Gasteiger partial charge in [-0.3, -0.25) is 0 Å². The molecule has 1 atom stereocenters. The summed E-state index contributed by atoms with van der Waals surface area (Å²) in [7, 11) is -3.49. The van der Waals surface area contributed by atoms with Gasteiger partial charge < -0.3 is 9.47 Å². The van der Waals surface area contributed by atoms with Crippen LogP contribution in [0, 0.1) is 5.92 Å². The Balaban J connectivity index is 2.66. The third-order valence-corrected chi connectivity index (χ3v) is 3.89. The number of benzene rings is 1. The molecular weight excluding hydrogens is 290 g/mol. The van der Waals surface area contributed by atoms with E-state index in [0.717, 1.165) is 19.3 Å². The molecule has 0 aliphatic heterocycles. The van der Waals surface area contributed by atoms with E-state index >= 15 is 0 Å². The zero-order chi connectivity index (χ0) is 15.7. The second-order valence-electron chi connectivity index (χ2n) is 5.09. The maximum absolute atomic E-state index is 11.2. The molecule has 5 nitrogen and oxygen atoms in total. The molecule has 0 heterocycles. The average molecular weight is 315 g/mol. The van der Waals surface area contributed by atoms with E-state index in [0.29, 0.717) is 24.7 Å². The van der Waals surface area contributed by atoms with E-state index in [9.17, 15) is 8.42 Å². The van der Waals surface area contributed by atoms with Crippen LogP contribution in [0.1, 0.15) is 33.1 Å². The van der Waals surface area contributed by atoms with Crippen LogP contribution < -0.4 is 14.6 Å². The number of ether oxygens (including phenoxy) is 2. The van der Waals surface area contributed by atoms with E-state index in [1.54, 1.807) is 0 Å². The van der Waals surface area contributed by atoms with Gasteiger partial charge in [-0.05, 0) is 25.0 Å². The predicted octanol–water partition coefficient (Wildman–Crippen LogP) is 2.56. The van der Waals surface area contributed by atoms with Crippen molar-refractivity contribution in [1.29, 1.82) is 0 Å². The number of sulfonamides is 1. The van der Waals surface area contributed by atoms with Crippen LogP contribution >= 0.6 is 0 Å². The summed E-state index contributed by atoms with van der Waals surface area (Å²) in [6, 6.07) is 7.42. The molecule has 0 amide bonds. The number of nitrogens with two attached hydrogens (primary N) is 1. The number of para-hydroxylation sites is 2. The SMILES string of the molecule is CCCOc1ccccc1OCC(CCC)CS(N)(=O)=O. The van der Waals surface area contributed by atoms with Gasteiger partial charge in [0.25, 0.3) is 0 Å². The first kappa shape index (κ1) is 17.8. The number of rotatable bonds is 10. The van der Waals surface area contributed by atoms with Crippen molar-refractivity contribution in [2.24, 2.45) is 11.1 Å². The first-order valence-electron chi connectivity index (χ1n) is 7.31. The molecule has 0 saturated carbocycles. The third kappa shape index (κ3) is 7.34. The van der Waals surface area contributed by atoms with E-state index in [2.05, 4.69) is 0 Å². The van der Waals surface area contributed by atoms with Crippen LogP contribution in [0.15, 0.2) is 24.3 Å². The molecule has 2 N–H and O–H groups in total. The topological polar surface area (TPSA) is 78.6 Å². The molecule has 0 aromatic heterocycles. The second kappa shape index (κ2) is 8.89. The van der Waals surface area contributed by atoms with Gasteiger partial charge in [-0.2, -0.15) is 0 Å². The molecule has 0 radical (unpaired) electrons. The van der Waals surface area contributed by atoms with Crippen LogP contribution in [0.3, 0.4) is 0 Å². The van der Waals surface area contributed by atoms with E-state index in [1.165, 1.54) is 0 Å². The maximum Gasteiger partial charge on any atom is 0.209 e. The molecule has 0 saturated heterocycles. The average Bonchev–Trinajstić information content (AvgIpc) is 2.42. The Labute approximate surface area is 127 Å². The minimum absolute atomic E-state index is 0.0567. The maximum atomic E-state index is 11.2. The van der Waals surface area contributed by atoms with Crippen molar-refractivity contribution in [3.8, 4) is 11.5 Å². The molecule has 0 spiro atoms. The lowest BCUT2D eigenvalue weighted by molar-refractivity contribution is 0.232. The van der Waals surface area contributed by atoms with Crippen LogP contribution in [0.4, 0.5) is 0 Å². The molecule has 0 aliphatic carbocycles. The van der Waals surface area contributed by atoms with Gasteiger partial charge in [-0.25, -0.2) is 13.6 Å². The Kier molecular flexibility index (Phi) is 7.53. The molecule has 6 heteroatoms. The normalized spacial score (nSPS) is 12.9. The summed E-state index contributed by atoms with van der Waals surface area (Å²) in [5.41, 5.74) is 0. The van der Waals surface area contributed by atoms with Gasteiger partial charge in [0.05, 0.1) is 19.0 Å². The van der Waals surface area contributed by atoms with E-state index in [1.807, 2.05) is 38.1 Å². The van der Waals surface area contributed by atoms with Crippen molar-refractivity contribution < 1.29 is 17.9 Å². The predicted molar refractivity (Wildman–Crippen MR) is 84.1 cm³/mol. The van der Waals surface area contributed by atoms with E-state index < -0.39 is 10.0 Å². The fraction of sp³-hybridized carbons (Fsp3) is 0.600. The molecule has 1 aromatic carbocycles. The third-order valence-electron chi connectivity index (χ3n) is 2.95. The van der Waals surface area contributed by atoms with E-state index in [-0.39, 0.29) is 11.7 Å². The molecule has 1 unspecified atom stereocenters. The molecule has 1 aromatic rings. The Bertz CT molecular complexity index is 516. The van der Waals surface area contributed by atoms with Crippen LogP contribution in [0.25, 0.3) is 0 Å². The van der Waals surface area contributed by atoms with Crippen molar-refractivity contribution in [3.05, 3.63) is 24.3 Å². The fourth-order valence-electron chi connectivity index (χ4n) is 2.06. The molecule has 0 bridgehead atoms. The van der Waals surface area contributed by atoms with Crippen LogP contribution in [-0.4, -0.2) is 27.4 Å². The molecule has 120 valence electrons. The van der Waals surface area contributed by atoms with Gasteiger partial charge in [0.15, 0.2) is 11.5 Å². The summed E-state index contributed by atoms with van der Waals surface area (Å²) in [5.74, 6) is 1.16. The quantitative estimate of drug-likeness (QED) is 0.719. The smallest absolute Gasteiger partial charge is 0.209 e. The van der Waals surface area contributed by atoms with Crippen LogP contribution in [0.5, 0.6) is 11.5 Å². The summed E-state index contributed by atoms with van der Waals surface area (Å²) in [6.45, 7) is 4.98. The van der Waals surface area contributed by atoms with Gasteiger partial charge in [-0.1, -0.05) is 32.4 Å². The van der Waals surface area contributed by atoms with Crippen LogP contribution in [0.2, 0.25) is 0 Å². The minimum Gasteiger partial charge on any atom is -0.490 e. The van der Waals surface area contributed by atoms with Gasteiger partial charge in [0.2, 0.25) is 10.0 Å². The summed E-state index contributed by atoms with van der Waals surface area (Å²) in [4.78, 5) is 0. The lowest BCUT2D eigenvalue weighted by Crippen LogP contribution is -2.27. The van der Waals surface area contributed by atoms with Gasteiger partial charge >= 0.3 is 0 Å². The van der Waals surface area contributed by atoms with Crippen molar-refractivity contribution in [2.75, 3.05) is 19.0 Å². The number of hydrogen-bond acceptors (Lipinski definition) is 4. The van der Waals surface area contributed by atoms with Gasteiger partial charge in [0, 0.05) is 5.92 Å². The fourth-order valence-corrected chi connectivity index (χ4v) is 2.98. The van der Waals surface area contributed by atoms with Gasteiger partial charge in [0.1, 0.15) is 0 Å². The standard InChI is InChI=1S/C15H25NO4S/c1-3-7-13(12-21(16,17)18)11-20-15-9-6-5-8-14(15)19-10-4-2/h5-6,8-9,13H,3-4,7,10-12H2,1-2H3,(H2,16,17,18). The largest absolute Gasteiger partial charge is 0.490 e. The molecule has 21 heavy (non-hydrogen) atoms. The Hall–Kier alpha value is -1.27. The summed E-state index contributed by atoms with van der Waals surface area (Å²) in [6.07, 6.45) is 2.56. The summed E-state index contributed by atoms with van der Waals surface area (Å²) >= 11 is 0. The zero-order valence-corrected chi connectivity index (χ0v) is 13.6. The Morgan fingerprint density at radius 1 is 1.10 bits per heavy atom. The lowest BCUT2D eigenvalue weighted by Gasteiger charge is -2.17. The molecule has 0 fully saturated rings. The summed E-state index contributed by atoms with van der Waals surface area (Å²) < 4.78 is 33.8. The van der Waals surface area contributed by atoms with Crippen LogP contribution in [-0.2, 0) is 10.0 Å². The Morgan fingerprint density at radius 2 is 1.71 bits per heavy atom. The first-order valence-corrected chi connectivity index (χ1v) is 9.03. The first-order chi connectivity index (χ1) is 9.96. The summed E-state index contributed by atoms with van der Waals surface area (Å²) in [5, 5.41) is 5.12. The highest BCUT2D eigenvalue weighted by Gasteiger charge is 2.17. The van der Waals surface area contributed by atoms with Gasteiger partial charge in [-0.15, -0.1) is 0 Å². The second-order valence-corrected chi connectivity index (χ2v) is 6.75. The Morgan fingerprint density at radius 3 is 2.24 bits per heavy atom. The molecule has 0 aliphatic rings. The van der Waals surface area contributed by atoms with E-state index in [4.69, 9.17) is 14.6 Å². The molecular formula is C15H25NO4S. The molecule has 1 rings (SSSR count). The van der Waals surface area contributed by atoms with Crippen molar-refractivity contribution in [2.45, 2.75) is 33.1 Å². The zero-order valence-electron chi connectivity index (χ0n) is 12.7. The minimum atomic E-state index is -3.49. The lowest BCUT2D eigenvalue weighted by atomic mass is 10.1. The highest BCUT2D eigenvalue weighted by molar-refractivity contribution is 7.89. The number of primary sulfonamides is 1. The van der Waals surface area contributed by atoms with Crippen molar-refractivity contribution >= 4 is 10.0 Å². The van der Waals surface area contributed by atoms with Crippen molar-refractivity contribution in [1.82, 2.24) is 0 Å². The highest BCUT2D eigenvalue weighted by Crippen LogP contribution is 2.27.